The van der Waals surface area contributed by atoms with Gasteiger partial charge in [0.25, 0.3) is 0 Å². The Morgan fingerprint density at radius 3 is 2.82 bits per heavy atom. The van der Waals surface area contributed by atoms with Crippen LogP contribution >= 0.6 is 0 Å². The number of allylic oxidation sites excluding steroid dienone is 4. The molecule has 0 aliphatic heterocycles. The zero-order valence-electron chi connectivity index (χ0n) is 17.3. The molecular formula is C22H18F4N6O. The van der Waals surface area contributed by atoms with Crippen LogP contribution in [0.5, 0.6) is 0 Å². The molecule has 0 spiro atoms. The lowest BCUT2D eigenvalue weighted by atomic mass is 9.94. The van der Waals surface area contributed by atoms with Gasteiger partial charge in [0.1, 0.15) is 23.7 Å². The highest BCUT2D eigenvalue weighted by Gasteiger charge is 2.29. The molecule has 2 amide bonds. The summed E-state index contributed by atoms with van der Waals surface area (Å²) in [5, 5.41) is 4.07. The van der Waals surface area contributed by atoms with Gasteiger partial charge in [-0.2, -0.15) is 13.2 Å². The number of hydrogen-bond donors (Lipinski definition) is 2. The Morgan fingerprint density at radius 1 is 1.27 bits per heavy atom. The van der Waals surface area contributed by atoms with Gasteiger partial charge in [0.15, 0.2) is 0 Å². The number of pyridine rings is 1. The quantitative estimate of drug-likeness (QED) is 0.466. The van der Waals surface area contributed by atoms with Gasteiger partial charge >= 0.3 is 12.2 Å². The minimum Gasteiger partial charge on any atom is -0.329 e. The molecule has 0 saturated heterocycles. The van der Waals surface area contributed by atoms with E-state index in [4.69, 9.17) is 0 Å². The van der Waals surface area contributed by atoms with Crippen LogP contribution in [0.15, 0.2) is 60.7 Å². The van der Waals surface area contributed by atoms with E-state index < -0.39 is 30.5 Å². The average Bonchev–Trinajstić information content (AvgIpc) is 3.37. The van der Waals surface area contributed by atoms with E-state index in [1.807, 2.05) is 7.05 Å². The fourth-order valence-electron chi connectivity index (χ4n) is 3.34. The summed E-state index contributed by atoms with van der Waals surface area (Å²) in [4.78, 5) is 20.1. The van der Waals surface area contributed by atoms with Crippen molar-refractivity contribution in [2.24, 2.45) is 7.05 Å². The van der Waals surface area contributed by atoms with E-state index in [1.165, 1.54) is 18.3 Å². The molecule has 0 bridgehead atoms. The Kier molecular flexibility index (Phi) is 5.91. The van der Waals surface area contributed by atoms with Crippen molar-refractivity contribution in [3.63, 3.8) is 0 Å². The lowest BCUT2D eigenvalue weighted by Gasteiger charge is -2.21. The SMILES string of the molecule is Cn1cncc1C#Cc1ccn2c(C3CC(NC(=O)NCC(F)(F)F)=CC=C3F)cnc2c1. The fraction of sp³-hybridized carbons (Fsp3) is 0.227. The molecule has 1 aliphatic carbocycles. The number of urea groups is 1. The third-order valence-corrected chi connectivity index (χ3v) is 4.97. The van der Waals surface area contributed by atoms with Crippen LogP contribution in [0.4, 0.5) is 22.4 Å². The molecule has 2 N–H and O–H groups in total. The number of fused-ring (bicyclic) bond motifs is 1. The van der Waals surface area contributed by atoms with Crippen LogP contribution in [-0.2, 0) is 7.05 Å². The molecule has 3 aromatic heterocycles. The molecule has 7 nitrogen and oxygen atoms in total. The minimum absolute atomic E-state index is 0.0532. The number of alkyl halides is 3. The summed E-state index contributed by atoms with van der Waals surface area (Å²) in [6.07, 6.45) is 4.59. The van der Waals surface area contributed by atoms with Gasteiger partial charge in [0, 0.05) is 37.1 Å². The van der Waals surface area contributed by atoms with E-state index in [1.54, 1.807) is 45.1 Å². The van der Waals surface area contributed by atoms with Crippen molar-refractivity contribution in [2.75, 3.05) is 6.54 Å². The molecule has 3 heterocycles. The molecule has 0 radical (unpaired) electrons. The van der Waals surface area contributed by atoms with E-state index in [0.717, 1.165) is 5.69 Å². The van der Waals surface area contributed by atoms with Gasteiger partial charge in [-0.05, 0) is 30.2 Å². The molecule has 33 heavy (non-hydrogen) atoms. The third kappa shape index (κ3) is 5.23. The van der Waals surface area contributed by atoms with Gasteiger partial charge < -0.3 is 19.6 Å². The largest absolute Gasteiger partial charge is 0.405 e. The first-order valence-electron chi connectivity index (χ1n) is 9.83. The number of aryl methyl sites for hydroxylation is 1. The molecule has 170 valence electrons. The van der Waals surface area contributed by atoms with Crippen molar-refractivity contribution in [2.45, 2.75) is 18.5 Å². The zero-order valence-corrected chi connectivity index (χ0v) is 17.3. The first-order valence-corrected chi connectivity index (χ1v) is 9.83. The van der Waals surface area contributed by atoms with E-state index in [-0.39, 0.29) is 12.1 Å². The molecule has 0 fully saturated rings. The first-order chi connectivity index (χ1) is 15.7. The highest BCUT2D eigenvalue weighted by Crippen LogP contribution is 2.34. The predicted octanol–water partition coefficient (Wildman–Crippen LogP) is 3.55. The molecule has 0 saturated carbocycles. The summed E-state index contributed by atoms with van der Waals surface area (Å²) >= 11 is 0. The number of nitrogens with one attached hydrogen (secondary N) is 2. The topological polar surface area (TPSA) is 76.2 Å². The van der Waals surface area contributed by atoms with Gasteiger partial charge in [-0.3, -0.25) is 0 Å². The Hall–Kier alpha value is -4.07. The van der Waals surface area contributed by atoms with Crippen molar-refractivity contribution in [3.05, 3.63) is 77.7 Å². The summed E-state index contributed by atoms with van der Waals surface area (Å²) in [6, 6.07) is 2.52. The Morgan fingerprint density at radius 2 is 2.09 bits per heavy atom. The maximum absolute atomic E-state index is 14.6. The highest BCUT2D eigenvalue weighted by atomic mass is 19.4. The monoisotopic (exact) mass is 458 g/mol. The van der Waals surface area contributed by atoms with Crippen LogP contribution in [0.2, 0.25) is 0 Å². The lowest BCUT2D eigenvalue weighted by Crippen LogP contribution is -2.40. The van der Waals surface area contributed by atoms with Gasteiger partial charge in [-0.15, -0.1) is 0 Å². The van der Waals surface area contributed by atoms with Crippen molar-refractivity contribution in [1.29, 1.82) is 0 Å². The van der Waals surface area contributed by atoms with Crippen LogP contribution in [0.25, 0.3) is 5.65 Å². The summed E-state index contributed by atoms with van der Waals surface area (Å²) in [6.45, 7) is -1.46. The van der Waals surface area contributed by atoms with Gasteiger partial charge in [-0.25, -0.2) is 19.2 Å². The Labute approximate surface area is 185 Å². The maximum Gasteiger partial charge on any atom is 0.405 e. The van der Waals surface area contributed by atoms with Crippen LogP contribution in [-0.4, -0.2) is 37.7 Å². The summed E-state index contributed by atoms with van der Waals surface area (Å²) in [5.41, 5.74) is 2.84. The van der Waals surface area contributed by atoms with Crippen molar-refractivity contribution < 1.29 is 22.4 Å². The lowest BCUT2D eigenvalue weighted by molar-refractivity contribution is -0.122. The second kappa shape index (κ2) is 8.82. The van der Waals surface area contributed by atoms with Crippen LogP contribution < -0.4 is 10.6 Å². The minimum atomic E-state index is -4.52. The number of carbonyl (C=O) groups is 1. The second-order valence-electron chi connectivity index (χ2n) is 7.39. The number of rotatable bonds is 3. The predicted molar refractivity (Wildman–Crippen MR) is 112 cm³/mol. The number of nitrogens with zero attached hydrogens (tertiary/aromatic N) is 4. The van der Waals surface area contributed by atoms with Crippen molar-refractivity contribution in [3.8, 4) is 11.8 Å². The number of imidazole rings is 2. The fourth-order valence-corrected chi connectivity index (χ4v) is 3.34. The van der Waals surface area contributed by atoms with Crippen molar-refractivity contribution in [1.82, 2.24) is 29.6 Å². The summed E-state index contributed by atoms with van der Waals surface area (Å²) in [5.74, 6) is 4.85. The Balaban J connectivity index is 1.50. The number of amides is 2. The standard InChI is InChI=1S/C22H18F4N6O/c1-31-13-27-10-16(31)4-2-14-6-7-32-19(11-28-20(32)8-14)17-9-15(3-5-18(17)23)30-21(33)29-12-22(24,25)26/h3,5-8,10-11,13,17H,9,12H2,1H3,(H2,29,30,33). The van der Waals surface area contributed by atoms with E-state index in [0.29, 0.717) is 16.9 Å². The number of aromatic nitrogens is 4. The van der Waals surface area contributed by atoms with Crippen LogP contribution in [0.3, 0.4) is 0 Å². The van der Waals surface area contributed by atoms with E-state index >= 15 is 0 Å². The Bertz CT molecular complexity index is 1320. The number of halogens is 4. The van der Waals surface area contributed by atoms with Gasteiger partial charge in [0.05, 0.1) is 24.1 Å². The van der Waals surface area contributed by atoms with Crippen LogP contribution in [0, 0.1) is 11.8 Å². The first kappa shape index (κ1) is 22.1. The van der Waals surface area contributed by atoms with Crippen molar-refractivity contribution >= 4 is 11.7 Å². The molecular weight excluding hydrogens is 440 g/mol. The summed E-state index contributed by atoms with van der Waals surface area (Å²) in [7, 11) is 1.84. The smallest absolute Gasteiger partial charge is 0.329 e. The van der Waals surface area contributed by atoms with Gasteiger partial charge in [0.2, 0.25) is 0 Å². The van der Waals surface area contributed by atoms with E-state index in [2.05, 4.69) is 27.1 Å². The molecule has 11 heteroatoms. The highest BCUT2D eigenvalue weighted by molar-refractivity contribution is 5.76. The van der Waals surface area contributed by atoms with Gasteiger partial charge in [-0.1, -0.05) is 5.92 Å². The van der Waals surface area contributed by atoms with Crippen LogP contribution in [0.1, 0.15) is 29.3 Å². The maximum atomic E-state index is 14.6. The molecule has 1 atom stereocenters. The molecule has 1 aliphatic rings. The number of carbonyl (C=O) groups excluding carboxylic acids is 1. The molecule has 3 aromatic rings. The zero-order chi connectivity index (χ0) is 23.6. The normalized spacial score (nSPS) is 16.0. The third-order valence-electron chi connectivity index (χ3n) is 4.97. The number of hydrogen-bond acceptors (Lipinski definition) is 3. The molecule has 1 unspecified atom stereocenters. The summed E-state index contributed by atoms with van der Waals surface area (Å²) < 4.78 is 54.9. The molecule has 0 aromatic carbocycles. The average molecular weight is 458 g/mol. The molecule has 4 rings (SSSR count). The second-order valence-corrected chi connectivity index (χ2v) is 7.39. The van der Waals surface area contributed by atoms with E-state index in [9.17, 15) is 22.4 Å².